The predicted octanol–water partition coefficient (Wildman–Crippen LogP) is 5.65. The zero-order valence-electron chi connectivity index (χ0n) is 59.2. The molecule has 3 aliphatic rings. The highest BCUT2D eigenvalue weighted by molar-refractivity contribution is 7.87. The quantitative estimate of drug-likeness (QED) is 0.00737. The van der Waals surface area contributed by atoms with Crippen molar-refractivity contribution in [3.05, 3.63) is 106 Å². The number of nitrogens with one attached hydrogen (secondary N) is 2. The molecule has 113 heavy (non-hydrogen) atoms. The van der Waals surface area contributed by atoms with Gasteiger partial charge in [0, 0.05) is 72.2 Å². The third-order valence-corrected chi connectivity index (χ3v) is 30.8. The molecule has 5 heterocycles. The van der Waals surface area contributed by atoms with Gasteiger partial charge in [-0.2, -0.15) is 64.8 Å². The van der Waals surface area contributed by atoms with Gasteiger partial charge in [0.05, 0.1) is 52.4 Å². The normalized spacial score (nSPS) is 22.0. The molecule has 57 heteroatoms. The molecule has 0 bridgehead atoms. The molecule has 3 aliphatic heterocycles. The van der Waals surface area contributed by atoms with Gasteiger partial charge in [-0.15, -0.1) is 0 Å². The van der Waals surface area contributed by atoms with Crippen molar-refractivity contribution in [2.75, 3.05) is 55.0 Å². The number of carbonyl (C=O) groups is 1. The Hall–Kier alpha value is -5.44. The molecule has 0 spiro atoms. The van der Waals surface area contributed by atoms with E-state index < -0.39 is 172 Å². The molecule has 8 rings (SSSR count). The fourth-order valence-corrected chi connectivity index (χ4v) is 23.4. The zero-order chi connectivity index (χ0) is 84.3. The molecule has 15 N–H and O–H groups in total. The maximum atomic E-state index is 13.0. The number of ether oxygens (including phenoxy) is 1. The van der Waals surface area contributed by atoms with Crippen LogP contribution in [0.25, 0.3) is 21.9 Å². The largest absolute Gasteiger partial charge is 0.744 e. The Morgan fingerprint density at radius 1 is 0.717 bits per heavy atom. The lowest BCUT2D eigenvalue weighted by atomic mass is 9.77. The Kier molecular flexibility index (Phi) is 29.3. The number of hydrogen-bond acceptors (Lipinski definition) is 32. The summed E-state index contributed by atoms with van der Waals surface area (Å²) in [6.07, 6.45) is 6.30. The summed E-state index contributed by atoms with van der Waals surface area (Å²) in [6.45, 7) is 3.25. The van der Waals surface area contributed by atoms with Crippen molar-refractivity contribution in [2.24, 2.45) is 0 Å². The van der Waals surface area contributed by atoms with Crippen LogP contribution in [-0.2, 0) is 129 Å². The number of nitrogens with zero attached hydrogens (tertiary/aromatic N) is 5. The third kappa shape index (κ3) is 25.3. The predicted molar refractivity (Wildman–Crippen MR) is 392 cm³/mol. The van der Waals surface area contributed by atoms with E-state index in [0.717, 1.165) is 23.0 Å². The van der Waals surface area contributed by atoms with Crippen LogP contribution in [0.1, 0.15) is 115 Å². The number of benzene rings is 3. The van der Waals surface area contributed by atoms with Crippen LogP contribution in [0, 0.1) is 0 Å². The molecule has 3 aromatic carbocycles. The van der Waals surface area contributed by atoms with Gasteiger partial charge in [-0.3, -0.25) is 46.4 Å². The summed E-state index contributed by atoms with van der Waals surface area (Å²) in [5.41, 5.74) is 4.45. The average molecular weight is 1820 g/mol. The molecule has 0 radical (unpaired) electrons. The number of imidazole rings is 1. The first-order valence-electron chi connectivity index (χ1n) is 33.0. The van der Waals surface area contributed by atoms with Crippen LogP contribution in [0.15, 0.2) is 104 Å². The number of aromatic amines is 1. The number of aliphatic hydroxyl groups is 1. The van der Waals surface area contributed by atoms with Crippen molar-refractivity contribution in [1.29, 1.82) is 0 Å². The Balaban J connectivity index is 0.815. The lowest BCUT2D eigenvalue weighted by molar-refractivity contribution is -0.437. The average Bonchev–Trinajstić information content (AvgIpc) is 1.57. The highest BCUT2D eigenvalue weighted by Gasteiger charge is 2.52. The summed E-state index contributed by atoms with van der Waals surface area (Å²) < 4.78 is 286. The number of H-pyrrole nitrogens is 1. The first-order valence-corrected chi connectivity index (χ1v) is 49.5. The van der Waals surface area contributed by atoms with E-state index in [1.54, 1.807) is 60.6 Å². The fourth-order valence-electron chi connectivity index (χ4n) is 12.7. The molecule has 46 nitrogen and oxygen atoms in total. The van der Waals surface area contributed by atoms with Crippen LogP contribution in [0.4, 0.5) is 17.3 Å². The highest BCUT2D eigenvalue weighted by atomic mass is 32.2. The molecule has 2 aromatic heterocycles. The molecular formula is C56H78N8O38P6S5. The van der Waals surface area contributed by atoms with Gasteiger partial charge >= 0.3 is 46.9 Å². The van der Waals surface area contributed by atoms with Gasteiger partial charge < -0.3 is 59.7 Å². The van der Waals surface area contributed by atoms with Gasteiger partial charge in [0.1, 0.15) is 33.9 Å². The van der Waals surface area contributed by atoms with E-state index in [4.69, 9.17) is 10.5 Å². The van der Waals surface area contributed by atoms with Crippen LogP contribution >= 0.6 is 46.9 Å². The van der Waals surface area contributed by atoms with E-state index in [2.05, 4.69) is 50.9 Å². The monoisotopic (exact) mass is 1820 g/mol. The fraction of sp³-hybridized carbons (Fsp3) is 0.482. The lowest BCUT2D eigenvalue weighted by Crippen LogP contribution is -2.30. The minimum absolute atomic E-state index is 0.00864. The molecule has 10 atom stereocenters. The number of aromatic nitrogens is 4. The molecule has 7 unspecified atom stereocenters. The minimum Gasteiger partial charge on any atom is -0.744 e. The maximum Gasteiger partial charge on any atom is 0.490 e. The second-order valence-corrected chi connectivity index (χ2v) is 42.9. The standard InChI is InChI=1S/C56H78N8O38P6S5/c1-55(2)46(63(26-15-29-110(83,84)85)42-22-20-38-39(50(42)55)30-37(112(89,90)91)32-45(38)113(92,93)94)16-8-6-9-17-47-56(3,40-31-36(111(86,87)88)19-21-41(40)62(47)25-14-28-109(80,81)82)23-11-7-10-18-48(66)58-24-12-4-5-13-27-95-103(68,69)98-105(72,73)100-107(76,77)102-108(78,79)101-106(74,75)99-104(70,71)96-34-44-43(65)33-49(97-44)64-35-59-51-52(64)60-54(57)61-53(51)67/h6,8-9,16-17,19-22,30-32,35,43-44,49,65H,4-5,7,10-15,18,23-29,33-34H2,1-3H3,(H14-,57,58,60,61,66,67,68,69,70,71,72,73,74,75,76,77,78,79,80,81,82,83,84,85,86,87,88,89,90,91,92,93,94)/t43-,44+,49+,56?/m0/s1. The molecular weight excluding hydrogens is 1740 g/mol. The summed E-state index contributed by atoms with van der Waals surface area (Å²) in [7, 11) is -61.9. The molecule has 1 saturated heterocycles. The molecule has 0 aliphatic carbocycles. The Bertz CT molecular complexity index is 5630. The highest BCUT2D eigenvalue weighted by Crippen LogP contribution is 2.75. The summed E-state index contributed by atoms with van der Waals surface area (Å²) in [6, 6.07) is 8.02. The number of aliphatic hydroxyl groups excluding tert-OH is 1. The van der Waals surface area contributed by atoms with Crippen LogP contribution in [0.5, 0.6) is 0 Å². The second kappa shape index (κ2) is 35.6. The minimum atomic E-state index is -6.60. The molecule has 0 saturated carbocycles. The number of amides is 1. The third-order valence-electron chi connectivity index (χ3n) is 17.4. The van der Waals surface area contributed by atoms with Gasteiger partial charge in [0.25, 0.3) is 46.0 Å². The Morgan fingerprint density at radius 2 is 1.31 bits per heavy atom. The summed E-state index contributed by atoms with van der Waals surface area (Å²) in [5, 5.41) is 13.0. The van der Waals surface area contributed by atoms with Crippen molar-refractivity contribution in [1.82, 2.24) is 24.8 Å². The maximum absolute atomic E-state index is 13.0. The van der Waals surface area contributed by atoms with E-state index in [0.29, 0.717) is 72.1 Å². The van der Waals surface area contributed by atoms with Gasteiger partial charge in [0.15, 0.2) is 16.9 Å². The van der Waals surface area contributed by atoms with Gasteiger partial charge in [0.2, 0.25) is 17.5 Å². The smallest absolute Gasteiger partial charge is 0.490 e. The summed E-state index contributed by atoms with van der Waals surface area (Å²) in [4.78, 5) is 94.2. The van der Waals surface area contributed by atoms with Gasteiger partial charge in [-0.25, -0.2) is 40.8 Å². The van der Waals surface area contributed by atoms with E-state index in [1.165, 1.54) is 24.3 Å². The van der Waals surface area contributed by atoms with Crippen molar-refractivity contribution >= 4 is 148 Å². The number of nitrogen functional groups attached to an aromatic ring is 1. The molecule has 1 amide bonds. The molecule has 1 fully saturated rings. The number of allylic oxidation sites excluding steroid dienone is 6. The summed E-state index contributed by atoms with van der Waals surface area (Å²) in [5.74, 6) is -2.07. The van der Waals surface area contributed by atoms with E-state index in [-0.39, 0.29) is 98.4 Å². The van der Waals surface area contributed by atoms with E-state index >= 15 is 0 Å². The second-order valence-electron chi connectivity index (χ2n) is 26.2. The number of unbranched alkanes of at least 4 members (excludes halogenated alkanes) is 5. The first-order chi connectivity index (χ1) is 51.8. The van der Waals surface area contributed by atoms with E-state index in [1.807, 2.05) is 0 Å². The van der Waals surface area contributed by atoms with Crippen LogP contribution in [0.3, 0.4) is 0 Å². The summed E-state index contributed by atoms with van der Waals surface area (Å²) >= 11 is 0. The van der Waals surface area contributed by atoms with Gasteiger partial charge in [-0.1, -0.05) is 43.9 Å². The number of rotatable bonds is 42. The van der Waals surface area contributed by atoms with Crippen molar-refractivity contribution in [2.45, 2.75) is 142 Å². The first kappa shape index (κ1) is 93.1. The van der Waals surface area contributed by atoms with Crippen LogP contribution < -0.4 is 21.5 Å². The topological polar surface area (TPSA) is 717 Å². The molecule has 630 valence electrons. The van der Waals surface area contributed by atoms with Crippen molar-refractivity contribution in [3.63, 3.8) is 0 Å². The number of fused-ring (bicyclic) bond motifs is 5. The zero-order valence-corrected chi connectivity index (χ0v) is 68.6. The SMILES string of the molecule is CC1(C)C(C=CC=CC=C2N(CCCS(=O)(=O)O)c3ccc(S(=O)(=O)[O-])cc3C2(C)CCCCCC(=O)NCCCCCCOP(=O)(O)OP(=O)(O)OP(=O)(O)OP(=O)(O)OP(=O)(O)OP(=O)(O)OC[C@H]2O[C@@H](n3cnc4c(=O)[nH]c(N)nc43)C[C@@H]2O)=[N+](CCCS(=O)(=O)O)c2ccc3c(S(=O)(=O)O)cc(S(=O)(=O)O)cc3c21. The van der Waals surface area contributed by atoms with Crippen molar-refractivity contribution < 1.29 is 171 Å². The number of nitrogens with two attached hydrogens (primary N) is 1. The van der Waals surface area contributed by atoms with Crippen LogP contribution in [-0.4, -0.2) is 192 Å². The van der Waals surface area contributed by atoms with Gasteiger partial charge in [-0.05, 0) is 106 Å². The van der Waals surface area contributed by atoms with Crippen molar-refractivity contribution in [3.8, 4) is 0 Å². The van der Waals surface area contributed by atoms with Crippen LogP contribution in [0.2, 0.25) is 0 Å². The number of phosphoric ester groups is 2. The number of anilines is 2. The van der Waals surface area contributed by atoms with E-state index in [9.17, 15) is 136 Å². The number of phosphoric acid groups is 6. The Morgan fingerprint density at radius 3 is 1.91 bits per heavy atom. The number of hydrogen-bond donors (Lipinski definition) is 14. The Labute approximate surface area is 644 Å². The lowest BCUT2D eigenvalue weighted by Gasteiger charge is -2.30. The number of carbonyl (C=O) groups excluding carboxylic acids is 1. The molecule has 5 aromatic rings.